The van der Waals surface area contributed by atoms with Gasteiger partial charge in [-0.1, -0.05) is 30.3 Å². The van der Waals surface area contributed by atoms with Gasteiger partial charge in [-0.25, -0.2) is 0 Å². The zero-order valence-electron chi connectivity index (χ0n) is 12.3. The summed E-state index contributed by atoms with van der Waals surface area (Å²) in [5.74, 6) is 0.248. The molecular formula is C18H20BrNO2. The molecule has 0 spiro atoms. The Balaban J connectivity index is 0.00000144. The minimum absolute atomic E-state index is 0. The van der Waals surface area contributed by atoms with Gasteiger partial charge < -0.3 is 10.2 Å². The van der Waals surface area contributed by atoms with Crippen LogP contribution in [0.4, 0.5) is 0 Å². The van der Waals surface area contributed by atoms with Crippen molar-refractivity contribution in [2.24, 2.45) is 0 Å². The number of halogens is 1. The van der Waals surface area contributed by atoms with E-state index >= 15 is 0 Å². The number of phenols is 2. The molecule has 0 unspecified atom stereocenters. The summed E-state index contributed by atoms with van der Waals surface area (Å²) in [6, 6.07) is 14.4. The maximum atomic E-state index is 9.92. The Labute approximate surface area is 141 Å². The fraction of sp³-hybridized carbons (Fsp3) is 0.333. The predicted molar refractivity (Wildman–Crippen MR) is 91.9 cm³/mol. The molecular weight excluding hydrogens is 342 g/mol. The number of aromatic hydroxyl groups is 2. The lowest BCUT2D eigenvalue weighted by Gasteiger charge is -2.37. The lowest BCUT2D eigenvalue weighted by molar-refractivity contribution is 0.229. The van der Waals surface area contributed by atoms with Crippen molar-refractivity contribution in [3.63, 3.8) is 0 Å². The first kappa shape index (κ1) is 15.4. The number of fused-ring (bicyclic) bond motifs is 3. The van der Waals surface area contributed by atoms with Crippen molar-refractivity contribution < 1.29 is 10.2 Å². The summed E-state index contributed by atoms with van der Waals surface area (Å²) in [7, 11) is 0. The largest absolute Gasteiger partial charge is 0.504 e. The van der Waals surface area contributed by atoms with Gasteiger partial charge in [0.15, 0.2) is 11.5 Å². The Morgan fingerprint density at radius 2 is 1.64 bits per heavy atom. The van der Waals surface area contributed by atoms with Crippen molar-refractivity contribution in [2.45, 2.75) is 24.8 Å². The first-order chi connectivity index (χ1) is 10.2. The zero-order valence-corrected chi connectivity index (χ0v) is 14.0. The number of hydrogen-bond donors (Lipinski definition) is 2. The van der Waals surface area contributed by atoms with Gasteiger partial charge in [-0.2, -0.15) is 0 Å². The highest BCUT2D eigenvalue weighted by molar-refractivity contribution is 8.93. The molecule has 116 valence electrons. The van der Waals surface area contributed by atoms with Gasteiger partial charge in [-0.3, -0.25) is 4.90 Å². The van der Waals surface area contributed by atoms with Crippen LogP contribution in [0.15, 0.2) is 42.5 Å². The highest BCUT2D eigenvalue weighted by Crippen LogP contribution is 2.47. The zero-order chi connectivity index (χ0) is 14.4. The molecule has 0 amide bonds. The molecule has 2 aromatic carbocycles. The molecule has 0 saturated carbocycles. The van der Waals surface area contributed by atoms with E-state index in [1.807, 2.05) is 6.07 Å². The molecule has 0 aromatic heterocycles. The first-order valence-corrected chi connectivity index (χ1v) is 7.59. The molecule has 2 aliphatic heterocycles. The van der Waals surface area contributed by atoms with Crippen LogP contribution < -0.4 is 0 Å². The molecule has 2 aromatic rings. The first-order valence-electron chi connectivity index (χ1n) is 7.59. The number of nitrogens with zero attached hydrogens (tertiary/aromatic N) is 1. The van der Waals surface area contributed by atoms with Crippen LogP contribution in [-0.4, -0.2) is 28.2 Å². The lowest BCUT2D eigenvalue weighted by atomic mass is 9.81. The second kappa shape index (κ2) is 5.94. The summed E-state index contributed by atoms with van der Waals surface area (Å²) < 4.78 is 0. The Bertz CT molecular complexity index is 674. The van der Waals surface area contributed by atoms with Gasteiger partial charge >= 0.3 is 0 Å². The van der Waals surface area contributed by atoms with E-state index in [-0.39, 0.29) is 34.4 Å². The van der Waals surface area contributed by atoms with Gasteiger partial charge in [0, 0.05) is 18.5 Å². The quantitative estimate of drug-likeness (QED) is 0.755. The molecule has 4 heteroatoms. The molecule has 0 radical (unpaired) electrons. The molecule has 2 aliphatic rings. The summed E-state index contributed by atoms with van der Waals surface area (Å²) in [5.41, 5.74) is 3.62. The van der Waals surface area contributed by atoms with Crippen LogP contribution in [0.1, 0.15) is 41.5 Å². The third-order valence-electron chi connectivity index (χ3n) is 4.90. The Kier molecular flexibility index (Phi) is 4.15. The van der Waals surface area contributed by atoms with Crippen molar-refractivity contribution in [3.8, 4) is 11.5 Å². The molecule has 1 saturated heterocycles. The second-order valence-corrected chi connectivity index (χ2v) is 6.09. The number of benzene rings is 2. The monoisotopic (exact) mass is 361 g/mol. The van der Waals surface area contributed by atoms with E-state index in [1.165, 1.54) is 23.1 Å². The van der Waals surface area contributed by atoms with E-state index in [9.17, 15) is 10.2 Å². The van der Waals surface area contributed by atoms with E-state index in [4.69, 9.17) is 0 Å². The second-order valence-electron chi connectivity index (χ2n) is 6.09. The predicted octanol–water partition coefficient (Wildman–Crippen LogP) is 3.96. The number of hydrogen-bond acceptors (Lipinski definition) is 3. The van der Waals surface area contributed by atoms with E-state index in [0.717, 1.165) is 19.5 Å². The SMILES string of the molecule is Br.Oc1cc2c(cc1O)[C@H]1CCCN1C[C@H]2c1ccccc1. The highest BCUT2D eigenvalue weighted by Gasteiger charge is 2.37. The van der Waals surface area contributed by atoms with Crippen molar-refractivity contribution in [2.75, 3.05) is 13.1 Å². The maximum absolute atomic E-state index is 9.92. The third kappa shape index (κ3) is 2.40. The van der Waals surface area contributed by atoms with Crippen LogP contribution in [0.3, 0.4) is 0 Å². The summed E-state index contributed by atoms with van der Waals surface area (Å²) in [4.78, 5) is 2.51. The van der Waals surface area contributed by atoms with Crippen LogP contribution in [0.25, 0.3) is 0 Å². The fourth-order valence-electron chi connectivity index (χ4n) is 3.90. The summed E-state index contributed by atoms with van der Waals surface area (Å²) in [6.07, 6.45) is 2.34. The molecule has 0 aliphatic carbocycles. The van der Waals surface area contributed by atoms with Gasteiger partial charge in [-0.05, 0) is 48.2 Å². The minimum Gasteiger partial charge on any atom is -0.504 e. The highest BCUT2D eigenvalue weighted by atomic mass is 79.9. The molecule has 3 nitrogen and oxygen atoms in total. The molecule has 0 bridgehead atoms. The van der Waals surface area contributed by atoms with Gasteiger partial charge in [0.25, 0.3) is 0 Å². The molecule has 22 heavy (non-hydrogen) atoms. The standard InChI is InChI=1S/C18H19NO2.BrH/c20-17-9-13-14(10-18(17)21)16-7-4-8-19(16)11-15(13)12-5-2-1-3-6-12;/h1-3,5-6,9-10,15-16,20-21H,4,7-8,11H2;1H/t15-,16+;/m0./s1. The molecule has 2 N–H and O–H groups in total. The minimum atomic E-state index is -0.0128. The average molecular weight is 362 g/mol. The smallest absolute Gasteiger partial charge is 0.157 e. The maximum Gasteiger partial charge on any atom is 0.157 e. The summed E-state index contributed by atoms with van der Waals surface area (Å²) >= 11 is 0. The Morgan fingerprint density at radius 1 is 0.955 bits per heavy atom. The van der Waals surface area contributed by atoms with Crippen LogP contribution in [-0.2, 0) is 0 Å². The van der Waals surface area contributed by atoms with Crippen molar-refractivity contribution in [1.82, 2.24) is 4.90 Å². The van der Waals surface area contributed by atoms with Crippen LogP contribution in [0.2, 0.25) is 0 Å². The Morgan fingerprint density at radius 3 is 2.36 bits per heavy atom. The summed E-state index contributed by atoms with van der Waals surface area (Å²) in [5, 5.41) is 19.8. The lowest BCUT2D eigenvalue weighted by Crippen LogP contribution is -2.34. The van der Waals surface area contributed by atoms with Crippen LogP contribution in [0.5, 0.6) is 11.5 Å². The average Bonchev–Trinajstić information content (AvgIpc) is 2.97. The normalized spacial score (nSPS) is 23.5. The number of rotatable bonds is 1. The topological polar surface area (TPSA) is 43.7 Å². The van der Waals surface area contributed by atoms with Crippen LogP contribution >= 0.6 is 17.0 Å². The Hall–Kier alpha value is -1.52. The van der Waals surface area contributed by atoms with Gasteiger partial charge in [0.05, 0.1) is 0 Å². The van der Waals surface area contributed by atoms with E-state index in [1.54, 1.807) is 12.1 Å². The third-order valence-corrected chi connectivity index (χ3v) is 4.90. The molecule has 1 fully saturated rings. The number of phenolic OH excluding ortho intramolecular Hbond substituents is 2. The van der Waals surface area contributed by atoms with Crippen molar-refractivity contribution in [3.05, 3.63) is 59.2 Å². The van der Waals surface area contributed by atoms with Gasteiger partial charge in [0.1, 0.15) is 0 Å². The summed E-state index contributed by atoms with van der Waals surface area (Å²) in [6.45, 7) is 2.11. The van der Waals surface area contributed by atoms with Crippen LogP contribution in [0, 0.1) is 0 Å². The van der Waals surface area contributed by atoms with Gasteiger partial charge in [0.2, 0.25) is 0 Å². The molecule has 2 heterocycles. The van der Waals surface area contributed by atoms with Crippen molar-refractivity contribution in [1.29, 1.82) is 0 Å². The molecule has 2 atom stereocenters. The van der Waals surface area contributed by atoms with Crippen molar-refractivity contribution >= 4 is 17.0 Å². The van der Waals surface area contributed by atoms with Gasteiger partial charge in [-0.15, -0.1) is 17.0 Å². The van der Waals surface area contributed by atoms with E-state index < -0.39 is 0 Å². The van der Waals surface area contributed by atoms with E-state index in [0.29, 0.717) is 6.04 Å². The fourth-order valence-corrected chi connectivity index (χ4v) is 3.90. The van der Waals surface area contributed by atoms with E-state index in [2.05, 4.69) is 29.2 Å². The molecule has 4 rings (SSSR count).